The van der Waals surface area contributed by atoms with Crippen molar-refractivity contribution < 1.29 is 9.53 Å². The second-order valence-electron chi connectivity index (χ2n) is 6.26. The highest BCUT2D eigenvalue weighted by Crippen LogP contribution is 2.25. The highest BCUT2D eigenvalue weighted by Gasteiger charge is 2.15. The third-order valence-electron chi connectivity index (χ3n) is 4.11. The molecule has 0 heterocycles. The molecule has 0 aliphatic rings. The Bertz CT molecular complexity index is 735. The van der Waals surface area contributed by atoms with Crippen LogP contribution in [0.3, 0.4) is 0 Å². The number of benzene rings is 2. The van der Waals surface area contributed by atoms with Crippen LogP contribution in [0.15, 0.2) is 51.8 Å². The van der Waals surface area contributed by atoms with Gasteiger partial charge in [-0.2, -0.15) is 0 Å². The minimum absolute atomic E-state index is 0.0395. The van der Waals surface area contributed by atoms with E-state index >= 15 is 0 Å². The average Bonchev–Trinajstić information content (AvgIpc) is 2.61. The van der Waals surface area contributed by atoms with Gasteiger partial charge in [-0.25, -0.2) is 0 Å². The summed E-state index contributed by atoms with van der Waals surface area (Å²) in [4.78, 5) is 15.5. The van der Waals surface area contributed by atoms with Crippen LogP contribution in [0.25, 0.3) is 0 Å². The summed E-state index contributed by atoms with van der Waals surface area (Å²) in [6.45, 7) is 2.62. The molecule has 0 fully saturated rings. The number of hydrogen-bond donors (Lipinski definition) is 1. The molecule has 0 bridgehead atoms. The summed E-state index contributed by atoms with van der Waals surface area (Å²) >= 11 is 5.02. The molecule has 0 spiro atoms. The van der Waals surface area contributed by atoms with E-state index < -0.39 is 0 Å². The van der Waals surface area contributed by atoms with Crippen molar-refractivity contribution in [2.75, 3.05) is 33.5 Å². The number of ether oxygens (including phenoxy) is 1. The Morgan fingerprint density at radius 2 is 1.92 bits per heavy atom. The van der Waals surface area contributed by atoms with E-state index in [0.29, 0.717) is 12.3 Å². The van der Waals surface area contributed by atoms with Crippen molar-refractivity contribution in [1.82, 2.24) is 10.2 Å². The molecule has 2 aromatic rings. The number of methoxy groups -OCH3 is 1. The topological polar surface area (TPSA) is 41.6 Å². The van der Waals surface area contributed by atoms with Gasteiger partial charge in [0, 0.05) is 15.9 Å². The van der Waals surface area contributed by atoms with Gasteiger partial charge in [0.1, 0.15) is 5.75 Å². The van der Waals surface area contributed by atoms with Crippen molar-refractivity contribution in [3.05, 3.63) is 58.1 Å². The van der Waals surface area contributed by atoms with Crippen molar-refractivity contribution >= 4 is 33.6 Å². The molecule has 0 radical (unpaired) electrons. The summed E-state index contributed by atoms with van der Waals surface area (Å²) in [6.07, 6.45) is 0. The first kappa shape index (κ1) is 20.8. The molecule has 1 amide bonds. The average molecular weight is 437 g/mol. The number of hydrogen-bond acceptors (Lipinski definition) is 4. The monoisotopic (exact) mass is 436 g/mol. The van der Waals surface area contributed by atoms with Gasteiger partial charge in [0.25, 0.3) is 0 Å². The lowest BCUT2D eigenvalue weighted by molar-refractivity contribution is -0.118. The van der Waals surface area contributed by atoms with Gasteiger partial charge in [-0.1, -0.05) is 28.1 Å². The number of nitrogens with one attached hydrogen (secondary N) is 1. The minimum atomic E-state index is 0.0395. The lowest BCUT2D eigenvalue weighted by Crippen LogP contribution is -2.35. The molecule has 0 aromatic heterocycles. The third kappa shape index (κ3) is 6.04. The summed E-state index contributed by atoms with van der Waals surface area (Å²) in [5, 5.41) is 3.05. The van der Waals surface area contributed by atoms with Crippen molar-refractivity contribution in [1.29, 1.82) is 0 Å². The lowest BCUT2D eigenvalue weighted by atomic mass is 10.1. The molecule has 4 nitrogen and oxygen atoms in total. The molecule has 1 atom stereocenters. The van der Waals surface area contributed by atoms with Gasteiger partial charge in [-0.3, -0.25) is 4.79 Å². The van der Waals surface area contributed by atoms with E-state index in [0.717, 1.165) is 20.7 Å². The molecule has 0 saturated heterocycles. The molecule has 2 aromatic carbocycles. The van der Waals surface area contributed by atoms with E-state index in [1.165, 1.54) is 5.56 Å². The fourth-order valence-corrected chi connectivity index (χ4v) is 3.92. The molecule has 0 aliphatic heterocycles. The number of carbonyl (C=O) groups excluding carboxylic acids is 1. The maximum absolute atomic E-state index is 12.3. The lowest BCUT2D eigenvalue weighted by Gasteiger charge is -2.25. The van der Waals surface area contributed by atoms with Gasteiger partial charge in [-0.15, -0.1) is 11.8 Å². The number of amides is 1. The minimum Gasteiger partial charge on any atom is -0.497 e. The van der Waals surface area contributed by atoms with Crippen LogP contribution < -0.4 is 10.1 Å². The molecule has 1 N–H and O–H groups in total. The van der Waals surface area contributed by atoms with Gasteiger partial charge in [0.15, 0.2) is 0 Å². The van der Waals surface area contributed by atoms with Crippen LogP contribution in [0.4, 0.5) is 0 Å². The Hall–Kier alpha value is -1.50. The standard InChI is InChI=1S/C20H25BrN2O2S/c1-14-11-16(21)7-10-19(14)26-13-20(24)22-12-18(23(2)3)15-5-8-17(25-4)9-6-15/h5-11,18H,12-13H2,1-4H3,(H,22,24). The Balaban J connectivity index is 1.90. The molecule has 2 rings (SSSR count). The maximum atomic E-state index is 12.3. The molecule has 0 aliphatic carbocycles. The first-order valence-corrected chi connectivity index (χ1v) is 10.1. The summed E-state index contributed by atoms with van der Waals surface area (Å²) < 4.78 is 6.26. The number of nitrogens with zero attached hydrogens (tertiary/aromatic N) is 1. The number of halogens is 1. The van der Waals surface area contributed by atoms with E-state index in [9.17, 15) is 4.79 Å². The smallest absolute Gasteiger partial charge is 0.230 e. The van der Waals surface area contributed by atoms with Crippen LogP contribution in [0, 0.1) is 6.92 Å². The molecule has 26 heavy (non-hydrogen) atoms. The zero-order valence-corrected chi connectivity index (χ0v) is 18.0. The van der Waals surface area contributed by atoms with Crippen molar-refractivity contribution in [2.45, 2.75) is 17.9 Å². The maximum Gasteiger partial charge on any atom is 0.230 e. The van der Waals surface area contributed by atoms with E-state index in [4.69, 9.17) is 4.74 Å². The SMILES string of the molecule is COc1ccc(C(CNC(=O)CSc2ccc(Br)cc2C)N(C)C)cc1. The van der Waals surface area contributed by atoms with E-state index in [-0.39, 0.29) is 11.9 Å². The van der Waals surface area contributed by atoms with E-state index in [1.54, 1.807) is 18.9 Å². The highest BCUT2D eigenvalue weighted by atomic mass is 79.9. The van der Waals surface area contributed by atoms with Gasteiger partial charge in [-0.05, 0) is 62.5 Å². The Morgan fingerprint density at radius 1 is 1.23 bits per heavy atom. The predicted octanol–water partition coefficient (Wildman–Crippen LogP) is 4.28. The van der Waals surface area contributed by atoms with Crippen LogP contribution in [-0.2, 0) is 4.79 Å². The fraction of sp³-hybridized carbons (Fsp3) is 0.350. The highest BCUT2D eigenvalue weighted by molar-refractivity contribution is 9.10. The van der Waals surface area contributed by atoms with Crippen LogP contribution in [0.5, 0.6) is 5.75 Å². The second kappa shape index (κ2) is 10.00. The molecule has 1 unspecified atom stereocenters. The van der Waals surface area contributed by atoms with Crippen LogP contribution in [0.2, 0.25) is 0 Å². The molecule has 6 heteroatoms. The molecule has 140 valence electrons. The zero-order valence-electron chi connectivity index (χ0n) is 15.6. The van der Waals surface area contributed by atoms with Crippen molar-refractivity contribution in [3.63, 3.8) is 0 Å². The third-order valence-corrected chi connectivity index (χ3v) is 5.78. The number of thioether (sulfide) groups is 1. The predicted molar refractivity (Wildman–Crippen MR) is 112 cm³/mol. The Kier molecular flexibility index (Phi) is 8.00. The quantitative estimate of drug-likeness (QED) is 0.627. The van der Waals surface area contributed by atoms with Gasteiger partial charge in [0.2, 0.25) is 5.91 Å². The van der Waals surface area contributed by atoms with Crippen molar-refractivity contribution in [2.24, 2.45) is 0 Å². The fourth-order valence-electron chi connectivity index (χ4n) is 2.60. The van der Waals surface area contributed by atoms with E-state index in [2.05, 4.69) is 39.1 Å². The number of carbonyl (C=O) groups is 1. The Labute approximate surface area is 168 Å². The van der Waals surface area contributed by atoms with Gasteiger partial charge in [0.05, 0.1) is 18.9 Å². The van der Waals surface area contributed by atoms with Gasteiger partial charge >= 0.3 is 0 Å². The zero-order chi connectivity index (χ0) is 19.1. The van der Waals surface area contributed by atoms with Crippen LogP contribution in [0.1, 0.15) is 17.2 Å². The number of aryl methyl sites for hydroxylation is 1. The largest absolute Gasteiger partial charge is 0.497 e. The van der Waals surface area contributed by atoms with Crippen LogP contribution >= 0.6 is 27.7 Å². The second-order valence-corrected chi connectivity index (χ2v) is 8.19. The molecular formula is C20H25BrN2O2S. The summed E-state index contributed by atoms with van der Waals surface area (Å²) in [5.41, 5.74) is 2.31. The number of likely N-dealkylation sites (N-methyl/N-ethyl adjacent to an activating group) is 1. The summed E-state index contributed by atoms with van der Waals surface area (Å²) in [5.74, 6) is 1.28. The summed E-state index contributed by atoms with van der Waals surface area (Å²) in [6, 6.07) is 14.2. The van der Waals surface area contributed by atoms with E-state index in [1.807, 2.05) is 50.5 Å². The van der Waals surface area contributed by atoms with Crippen LogP contribution in [-0.4, -0.2) is 44.3 Å². The molecular weight excluding hydrogens is 412 g/mol. The Morgan fingerprint density at radius 3 is 2.50 bits per heavy atom. The normalized spacial score (nSPS) is 12.1. The first-order chi connectivity index (χ1) is 12.4. The van der Waals surface area contributed by atoms with Gasteiger partial charge < -0.3 is 15.0 Å². The molecule has 0 saturated carbocycles. The first-order valence-electron chi connectivity index (χ1n) is 8.36. The summed E-state index contributed by atoms with van der Waals surface area (Å²) in [7, 11) is 5.69. The number of rotatable bonds is 8. The van der Waals surface area contributed by atoms with Crippen molar-refractivity contribution in [3.8, 4) is 5.75 Å².